The highest BCUT2D eigenvalue weighted by atomic mass is 32.2. The fourth-order valence-electron chi connectivity index (χ4n) is 2.83. The van der Waals surface area contributed by atoms with Crippen LogP contribution in [0.15, 0.2) is 42.5 Å². The Morgan fingerprint density at radius 3 is 2.34 bits per heavy atom. The molecule has 2 rings (SSSR count). The summed E-state index contributed by atoms with van der Waals surface area (Å²) in [6.45, 7) is 3.02. The highest BCUT2D eigenvalue weighted by Crippen LogP contribution is 2.36. The largest absolute Gasteiger partial charge is 0.495 e. The van der Waals surface area contributed by atoms with Crippen LogP contribution in [0.5, 0.6) is 5.75 Å². The molecule has 0 saturated heterocycles. The smallest absolute Gasteiger partial charge is 0.418 e. The van der Waals surface area contributed by atoms with Gasteiger partial charge in [-0.15, -0.1) is 0 Å². The van der Waals surface area contributed by atoms with Crippen molar-refractivity contribution in [3.63, 3.8) is 0 Å². The van der Waals surface area contributed by atoms with Crippen LogP contribution in [-0.2, 0) is 21.0 Å². The van der Waals surface area contributed by atoms with E-state index in [0.29, 0.717) is 5.56 Å². The minimum absolute atomic E-state index is 0.113. The summed E-state index contributed by atoms with van der Waals surface area (Å²) in [4.78, 5) is 12.7. The second kappa shape index (κ2) is 8.32. The molecule has 0 radical (unpaired) electrons. The van der Waals surface area contributed by atoms with Gasteiger partial charge in [0.25, 0.3) is 0 Å². The molecule has 0 saturated carbocycles. The van der Waals surface area contributed by atoms with E-state index in [4.69, 9.17) is 4.74 Å². The monoisotopic (exact) mass is 430 g/mol. The van der Waals surface area contributed by atoms with Crippen molar-refractivity contribution < 1.29 is 31.1 Å². The minimum Gasteiger partial charge on any atom is -0.495 e. The van der Waals surface area contributed by atoms with E-state index in [1.54, 1.807) is 19.1 Å². The predicted octanol–water partition coefficient (Wildman–Crippen LogP) is 3.82. The minimum atomic E-state index is -4.68. The van der Waals surface area contributed by atoms with Crippen molar-refractivity contribution in [2.75, 3.05) is 23.0 Å². The SMILES string of the molecule is COc1ccc(C)cc1N([C@H](C)C(=O)Nc1ccccc1C(F)(F)F)S(C)(=O)=O. The van der Waals surface area contributed by atoms with E-state index in [2.05, 4.69) is 5.32 Å². The molecule has 0 spiro atoms. The van der Waals surface area contributed by atoms with Gasteiger partial charge in [-0.3, -0.25) is 9.10 Å². The maximum atomic E-state index is 13.2. The van der Waals surface area contributed by atoms with Gasteiger partial charge in [0.15, 0.2) is 0 Å². The molecule has 1 N–H and O–H groups in total. The van der Waals surface area contributed by atoms with E-state index in [1.165, 1.54) is 32.2 Å². The van der Waals surface area contributed by atoms with E-state index >= 15 is 0 Å². The molecule has 10 heteroatoms. The molecule has 0 aliphatic rings. The second-order valence-electron chi connectivity index (χ2n) is 6.44. The topological polar surface area (TPSA) is 75.7 Å². The fourth-order valence-corrected chi connectivity index (χ4v) is 4.00. The van der Waals surface area contributed by atoms with Crippen molar-refractivity contribution in [3.05, 3.63) is 53.6 Å². The first-order chi connectivity index (χ1) is 13.4. The molecular weight excluding hydrogens is 409 g/mol. The molecule has 158 valence electrons. The van der Waals surface area contributed by atoms with Gasteiger partial charge in [-0.2, -0.15) is 13.2 Å². The first-order valence-corrected chi connectivity index (χ1v) is 10.3. The third kappa shape index (κ3) is 5.20. The lowest BCUT2D eigenvalue weighted by atomic mass is 10.1. The highest BCUT2D eigenvalue weighted by Gasteiger charge is 2.35. The number of methoxy groups -OCH3 is 1. The van der Waals surface area contributed by atoms with Crippen molar-refractivity contribution in [2.24, 2.45) is 0 Å². The predicted molar refractivity (Wildman–Crippen MR) is 105 cm³/mol. The van der Waals surface area contributed by atoms with Crippen LogP contribution in [0.3, 0.4) is 0 Å². The van der Waals surface area contributed by atoms with Crippen LogP contribution in [0.2, 0.25) is 0 Å². The Bertz CT molecular complexity index is 1010. The molecule has 2 aromatic rings. The maximum Gasteiger partial charge on any atom is 0.418 e. The number of para-hydroxylation sites is 1. The number of anilines is 2. The summed E-state index contributed by atoms with van der Waals surface area (Å²) < 4.78 is 70.5. The molecule has 1 amide bonds. The number of halogens is 3. The summed E-state index contributed by atoms with van der Waals surface area (Å²) in [6.07, 6.45) is -3.77. The van der Waals surface area contributed by atoms with Crippen molar-refractivity contribution in [2.45, 2.75) is 26.1 Å². The van der Waals surface area contributed by atoms with Crippen LogP contribution >= 0.6 is 0 Å². The van der Waals surface area contributed by atoms with Crippen LogP contribution in [0, 0.1) is 6.92 Å². The number of hydrogen-bond donors (Lipinski definition) is 1. The van der Waals surface area contributed by atoms with Gasteiger partial charge in [0.1, 0.15) is 11.8 Å². The summed E-state index contributed by atoms with van der Waals surface area (Å²) >= 11 is 0. The zero-order chi connectivity index (χ0) is 22.0. The van der Waals surface area contributed by atoms with Gasteiger partial charge in [0.05, 0.1) is 30.3 Å². The van der Waals surface area contributed by atoms with Gasteiger partial charge in [-0.25, -0.2) is 8.42 Å². The molecule has 0 heterocycles. The molecule has 0 aromatic heterocycles. The molecular formula is C19H21F3N2O4S. The molecule has 0 unspecified atom stereocenters. The number of aryl methyl sites for hydroxylation is 1. The lowest BCUT2D eigenvalue weighted by Crippen LogP contribution is -2.45. The third-order valence-electron chi connectivity index (χ3n) is 4.15. The van der Waals surface area contributed by atoms with Gasteiger partial charge in [0, 0.05) is 0 Å². The lowest BCUT2D eigenvalue weighted by Gasteiger charge is -2.30. The fraction of sp³-hybridized carbons (Fsp3) is 0.316. The molecule has 0 bridgehead atoms. The Hall–Kier alpha value is -2.75. The Kier molecular flexibility index (Phi) is 6.46. The van der Waals surface area contributed by atoms with Crippen LogP contribution in [0.4, 0.5) is 24.5 Å². The van der Waals surface area contributed by atoms with Crippen molar-refractivity contribution >= 4 is 27.3 Å². The van der Waals surface area contributed by atoms with Crippen molar-refractivity contribution in [1.29, 1.82) is 0 Å². The molecule has 29 heavy (non-hydrogen) atoms. The number of nitrogens with one attached hydrogen (secondary N) is 1. The van der Waals surface area contributed by atoms with E-state index in [1.807, 2.05) is 0 Å². The van der Waals surface area contributed by atoms with Gasteiger partial charge in [0.2, 0.25) is 15.9 Å². The number of benzene rings is 2. The highest BCUT2D eigenvalue weighted by molar-refractivity contribution is 7.92. The van der Waals surface area contributed by atoms with Gasteiger partial charge in [-0.05, 0) is 43.7 Å². The summed E-state index contributed by atoms with van der Waals surface area (Å²) in [5.74, 6) is -0.716. The molecule has 6 nitrogen and oxygen atoms in total. The zero-order valence-corrected chi connectivity index (χ0v) is 17.1. The molecule has 0 aliphatic heterocycles. The first kappa shape index (κ1) is 22.5. The Morgan fingerprint density at radius 2 is 1.79 bits per heavy atom. The van der Waals surface area contributed by atoms with Crippen LogP contribution in [-0.4, -0.2) is 33.7 Å². The number of alkyl halides is 3. The maximum absolute atomic E-state index is 13.2. The number of rotatable bonds is 6. The first-order valence-electron chi connectivity index (χ1n) is 8.47. The van der Waals surface area contributed by atoms with Crippen molar-refractivity contribution in [1.82, 2.24) is 0 Å². The van der Waals surface area contributed by atoms with Gasteiger partial charge < -0.3 is 10.1 Å². The van der Waals surface area contributed by atoms with Crippen LogP contribution < -0.4 is 14.4 Å². The standard InChI is InChI=1S/C19H21F3N2O4S/c1-12-9-10-17(28-3)16(11-12)24(29(4,26)27)13(2)18(25)23-15-8-6-5-7-14(15)19(20,21)22/h5-11,13H,1-4H3,(H,23,25)/t13-/m1/s1. The van der Waals surface area contributed by atoms with Crippen molar-refractivity contribution in [3.8, 4) is 5.75 Å². The normalized spacial score (nSPS) is 12.9. The number of sulfonamides is 1. The number of ether oxygens (including phenoxy) is 1. The van der Waals surface area contributed by atoms with Gasteiger partial charge in [-0.1, -0.05) is 18.2 Å². The lowest BCUT2D eigenvalue weighted by molar-refractivity contribution is -0.137. The number of carbonyl (C=O) groups is 1. The van der Waals surface area contributed by atoms with Crippen LogP contribution in [0.25, 0.3) is 0 Å². The van der Waals surface area contributed by atoms with E-state index < -0.39 is 39.4 Å². The summed E-state index contributed by atoms with van der Waals surface area (Å²) in [6, 6.07) is 7.90. The number of carbonyl (C=O) groups excluding carboxylic acids is 1. The number of amides is 1. The Labute approximate surface area is 167 Å². The molecule has 2 aromatic carbocycles. The molecule has 0 aliphatic carbocycles. The average Bonchev–Trinajstić information content (AvgIpc) is 2.60. The summed E-state index contributed by atoms with van der Waals surface area (Å²) in [5, 5.41) is 2.19. The third-order valence-corrected chi connectivity index (χ3v) is 5.38. The van der Waals surface area contributed by atoms with Crippen LogP contribution in [0.1, 0.15) is 18.1 Å². The average molecular weight is 430 g/mol. The second-order valence-corrected chi connectivity index (χ2v) is 8.30. The zero-order valence-electron chi connectivity index (χ0n) is 16.2. The molecule has 1 atom stereocenters. The Balaban J connectivity index is 2.46. The molecule has 0 fully saturated rings. The summed E-state index contributed by atoms with van der Waals surface area (Å²) in [7, 11) is -2.63. The Morgan fingerprint density at radius 1 is 1.17 bits per heavy atom. The van der Waals surface area contributed by atoms with E-state index in [0.717, 1.165) is 22.7 Å². The summed E-state index contributed by atoms with van der Waals surface area (Å²) in [5.41, 5.74) is -0.660. The van der Waals surface area contributed by atoms with E-state index in [-0.39, 0.29) is 11.4 Å². The number of nitrogens with zero attached hydrogens (tertiary/aromatic N) is 1. The van der Waals surface area contributed by atoms with Gasteiger partial charge >= 0.3 is 6.18 Å². The number of hydrogen-bond acceptors (Lipinski definition) is 4. The quantitative estimate of drug-likeness (QED) is 0.756. The van der Waals surface area contributed by atoms with E-state index in [9.17, 15) is 26.4 Å².